The minimum Gasteiger partial charge on any atom is -0.247 e. The molecule has 0 saturated carbocycles. The third kappa shape index (κ3) is 3.78. The first kappa shape index (κ1) is 10.9. The normalized spacial score (nSPS) is 35.5. The molecule has 0 aromatic rings. The second kappa shape index (κ2) is 4.92. The fourth-order valence-corrected chi connectivity index (χ4v) is 4.87. The number of thioether (sulfide) groups is 2. The SMILES string of the molecule is CC(SOSC(C)C1CS1)C1CS1. The topological polar surface area (TPSA) is 9.23 Å². The van der Waals surface area contributed by atoms with Crippen LogP contribution in [-0.4, -0.2) is 32.5 Å². The van der Waals surface area contributed by atoms with Crippen LogP contribution in [0.3, 0.4) is 0 Å². The Morgan fingerprint density at radius 1 is 1.08 bits per heavy atom. The third-order valence-corrected chi connectivity index (χ3v) is 6.64. The molecule has 0 aromatic heterocycles. The monoisotopic (exact) mass is 254 g/mol. The molecule has 4 unspecified atom stereocenters. The molecule has 5 heteroatoms. The Labute approximate surface area is 97.3 Å². The molecule has 0 aromatic carbocycles. The summed E-state index contributed by atoms with van der Waals surface area (Å²) in [6, 6.07) is 0. The average Bonchev–Trinajstić information content (AvgIpc) is 2.95. The Hall–Kier alpha value is 1.36. The van der Waals surface area contributed by atoms with Crippen LogP contribution in [0.2, 0.25) is 0 Å². The van der Waals surface area contributed by atoms with Gasteiger partial charge in [0.15, 0.2) is 0 Å². The molecule has 0 spiro atoms. The smallest absolute Gasteiger partial charge is 0.0422 e. The van der Waals surface area contributed by atoms with Gasteiger partial charge >= 0.3 is 0 Å². The van der Waals surface area contributed by atoms with E-state index in [1.807, 2.05) is 23.5 Å². The first-order valence-electron chi connectivity index (χ1n) is 4.49. The van der Waals surface area contributed by atoms with Crippen molar-refractivity contribution >= 4 is 47.6 Å². The minimum absolute atomic E-state index is 0.663. The molecule has 0 N–H and O–H groups in total. The van der Waals surface area contributed by atoms with Crippen LogP contribution in [0.25, 0.3) is 0 Å². The quantitative estimate of drug-likeness (QED) is 0.529. The van der Waals surface area contributed by atoms with Crippen LogP contribution in [0.4, 0.5) is 0 Å². The van der Waals surface area contributed by atoms with Crippen molar-refractivity contribution in [2.24, 2.45) is 0 Å². The van der Waals surface area contributed by atoms with Gasteiger partial charge in [-0.25, -0.2) is 3.63 Å². The summed E-state index contributed by atoms with van der Waals surface area (Å²) in [5.41, 5.74) is 0. The van der Waals surface area contributed by atoms with Crippen molar-refractivity contribution in [2.75, 3.05) is 11.5 Å². The lowest BCUT2D eigenvalue weighted by molar-refractivity contribution is 0.725. The van der Waals surface area contributed by atoms with E-state index >= 15 is 0 Å². The van der Waals surface area contributed by atoms with Gasteiger partial charge in [-0.3, -0.25) is 0 Å². The lowest BCUT2D eigenvalue weighted by Crippen LogP contribution is -2.06. The van der Waals surface area contributed by atoms with E-state index in [9.17, 15) is 0 Å². The fourth-order valence-electron chi connectivity index (χ4n) is 0.924. The summed E-state index contributed by atoms with van der Waals surface area (Å²) in [4.78, 5) is 0. The van der Waals surface area contributed by atoms with Gasteiger partial charge in [0.2, 0.25) is 0 Å². The van der Waals surface area contributed by atoms with Crippen molar-refractivity contribution in [2.45, 2.75) is 34.8 Å². The average molecular weight is 254 g/mol. The van der Waals surface area contributed by atoms with E-state index in [-0.39, 0.29) is 0 Å². The van der Waals surface area contributed by atoms with Gasteiger partial charge in [0.05, 0.1) is 0 Å². The van der Waals surface area contributed by atoms with Crippen LogP contribution in [0.1, 0.15) is 13.8 Å². The first-order valence-corrected chi connectivity index (χ1v) is 8.20. The highest BCUT2D eigenvalue weighted by atomic mass is 32.2. The molecule has 2 fully saturated rings. The van der Waals surface area contributed by atoms with Crippen molar-refractivity contribution in [3.05, 3.63) is 0 Å². The van der Waals surface area contributed by atoms with Gasteiger partial charge in [0.1, 0.15) is 0 Å². The molecule has 0 amide bonds. The standard InChI is InChI=1S/C8H14OS4/c1-5(7-3-10-7)12-9-13-6(2)8-4-11-8/h5-8H,3-4H2,1-2H3. The van der Waals surface area contributed by atoms with E-state index in [1.165, 1.54) is 11.5 Å². The van der Waals surface area contributed by atoms with Crippen molar-refractivity contribution in [1.29, 1.82) is 0 Å². The Morgan fingerprint density at radius 2 is 1.46 bits per heavy atom. The van der Waals surface area contributed by atoms with E-state index in [0.29, 0.717) is 10.5 Å². The molecule has 2 aliphatic heterocycles. The lowest BCUT2D eigenvalue weighted by atomic mass is 10.4. The second-order valence-electron chi connectivity index (χ2n) is 3.41. The van der Waals surface area contributed by atoms with E-state index in [2.05, 4.69) is 13.8 Å². The van der Waals surface area contributed by atoms with Crippen molar-refractivity contribution in [3.8, 4) is 0 Å². The van der Waals surface area contributed by atoms with E-state index in [1.54, 1.807) is 24.1 Å². The Morgan fingerprint density at radius 3 is 1.77 bits per heavy atom. The Bertz CT molecular complexity index is 152. The molecular formula is C8H14OS4. The molecular weight excluding hydrogens is 240 g/mol. The molecule has 1 nitrogen and oxygen atoms in total. The van der Waals surface area contributed by atoms with E-state index in [0.717, 1.165) is 10.5 Å². The molecule has 76 valence electrons. The maximum absolute atomic E-state index is 5.57. The molecule has 2 aliphatic rings. The van der Waals surface area contributed by atoms with Gasteiger partial charge in [-0.05, 0) is 13.8 Å². The molecule has 2 heterocycles. The summed E-state index contributed by atoms with van der Waals surface area (Å²) in [5.74, 6) is 2.66. The molecule has 2 rings (SSSR count). The summed E-state index contributed by atoms with van der Waals surface area (Å²) in [6.45, 7) is 4.51. The number of hydrogen-bond donors (Lipinski definition) is 0. The second-order valence-corrected chi connectivity index (χ2v) is 8.38. The first-order chi connectivity index (χ1) is 6.27. The Balaban J connectivity index is 1.51. The van der Waals surface area contributed by atoms with Crippen molar-refractivity contribution in [3.63, 3.8) is 0 Å². The highest BCUT2D eigenvalue weighted by Crippen LogP contribution is 2.43. The van der Waals surface area contributed by atoms with E-state index < -0.39 is 0 Å². The van der Waals surface area contributed by atoms with Gasteiger partial charge < -0.3 is 0 Å². The summed E-state index contributed by atoms with van der Waals surface area (Å²) >= 11 is 7.39. The van der Waals surface area contributed by atoms with Gasteiger partial charge in [-0.2, -0.15) is 23.5 Å². The molecule has 2 saturated heterocycles. The predicted molar refractivity (Wildman–Crippen MR) is 67.7 cm³/mol. The zero-order chi connectivity index (χ0) is 9.26. The molecule has 0 bridgehead atoms. The summed E-state index contributed by atoms with van der Waals surface area (Å²) < 4.78 is 5.57. The zero-order valence-electron chi connectivity index (χ0n) is 7.76. The lowest BCUT2D eigenvalue weighted by Gasteiger charge is -2.10. The van der Waals surface area contributed by atoms with Crippen LogP contribution in [0.15, 0.2) is 0 Å². The number of rotatable bonds is 6. The van der Waals surface area contributed by atoms with Gasteiger partial charge in [0.25, 0.3) is 0 Å². The largest absolute Gasteiger partial charge is 0.247 e. The minimum atomic E-state index is 0.663. The Kier molecular flexibility index (Phi) is 4.11. The predicted octanol–water partition coefficient (Wildman–Crippen LogP) is 3.31. The van der Waals surface area contributed by atoms with Crippen LogP contribution >= 0.6 is 47.6 Å². The summed E-state index contributed by atoms with van der Waals surface area (Å²) in [7, 11) is 0. The summed E-state index contributed by atoms with van der Waals surface area (Å²) in [6.07, 6.45) is 0. The maximum atomic E-state index is 5.57. The molecule has 0 aliphatic carbocycles. The third-order valence-electron chi connectivity index (χ3n) is 2.15. The van der Waals surface area contributed by atoms with Gasteiger partial charge in [-0.1, -0.05) is 0 Å². The highest BCUT2D eigenvalue weighted by molar-refractivity contribution is 8.12. The zero-order valence-corrected chi connectivity index (χ0v) is 11.0. The number of hydrogen-bond acceptors (Lipinski definition) is 5. The van der Waals surface area contributed by atoms with Crippen LogP contribution < -0.4 is 0 Å². The molecule has 0 radical (unpaired) electrons. The van der Waals surface area contributed by atoms with Crippen LogP contribution in [0.5, 0.6) is 0 Å². The van der Waals surface area contributed by atoms with Crippen LogP contribution in [-0.2, 0) is 3.63 Å². The van der Waals surface area contributed by atoms with Gasteiger partial charge in [0, 0.05) is 56.6 Å². The van der Waals surface area contributed by atoms with Crippen molar-refractivity contribution < 1.29 is 3.63 Å². The fraction of sp³-hybridized carbons (Fsp3) is 1.00. The van der Waals surface area contributed by atoms with Crippen molar-refractivity contribution in [1.82, 2.24) is 0 Å². The van der Waals surface area contributed by atoms with Crippen LogP contribution in [0, 0.1) is 0 Å². The molecule has 4 atom stereocenters. The van der Waals surface area contributed by atoms with Gasteiger partial charge in [-0.15, -0.1) is 0 Å². The summed E-state index contributed by atoms with van der Waals surface area (Å²) in [5, 5.41) is 3.04. The highest BCUT2D eigenvalue weighted by Gasteiger charge is 2.32. The maximum Gasteiger partial charge on any atom is 0.0422 e. The van der Waals surface area contributed by atoms with E-state index in [4.69, 9.17) is 3.63 Å². The molecule has 13 heavy (non-hydrogen) atoms.